The van der Waals surface area contributed by atoms with Crippen LogP contribution in [0.3, 0.4) is 0 Å². The molecule has 0 saturated carbocycles. The number of hydrazone groups is 1. The molecule has 0 bridgehead atoms. The highest BCUT2D eigenvalue weighted by Gasteiger charge is 2.01. The summed E-state index contributed by atoms with van der Waals surface area (Å²) in [5.41, 5.74) is 3.74. The minimum Gasteiger partial charge on any atom is -0.494 e. The zero-order valence-electron chi connectivity index (χ0n) is 12.8. The molecule has 0 aliphatic carbocycles. The van der Waals surface area contributed by atoms with E-state index >= 15 is 0 Å². The summed E-state index contributed by atoms with van der Waals surface area (Å²) in [5, 5.41) is 7.62. The quantitative estimate of drug-likeness (QED) is 0.438. The van der Waals surface area contributed by atoms with Crippen molar-refractivity contribution in [3.63, 3.8) is 0 Å². The van der Waals surface area contributed by atoms with Crippen LogP contribution in [0.5, 0.6) is 5.75 Å². The van der Waals surface area contributed by atoms with Gasteiger partial charge in [-0.3, -0.25) is 5.43 Å². The number of thiocarbonyl (C=S) groups is 1. The van der Waals surface area contributed by atoms with Crippen LogP contribution in [0.2, 0.25) is 0 Å². The van der Waals surface area contributed by atoms with Gasteiger partial charge in [0, 0.05) is 13.2 Å². The Labute approximate surface area is 131 Å². The molecule has 0 saturated heterocycles. The fourth-order valence-electron chi connectivity index (χ4n) is 1.58. The summed E-state index contributed by atoms with van der Waals surface area (Å²) in [6, 6.07) is 7.88. The summed E-state index contributed by atoms with van der Waals surface area (Å²) >= 11 is 5.12. The van der Waals surface area contributed by atoms with Crippen molar-refractivity contribution in [3.8, 4) is 5.75 Å². The lowest BCUT2D eigenvalue weighted by Gasteiger charge is -2.13. The van der Waals surface area contributed by atoms with Crippen LogP contribution in [-0.4, -0.2) is 37.7 Å². The fourth-order valence-corrected chi connectivity index (χ4v) is 1.84. The summed E-state index contributed by atoms with van der Waals surface area (Å²) in [5.74, 6) is 0.868. The molecule has 0 radical (unpaired) electrons. The zero-order chi connectivity index (χ0) is 15.5. The highest BCUT2D eigenvalue weighted by Crippen LogP contribution is 2.11. The Bertz CT molecular complexity index is 449. The molecule has 1 aromatic carbocycles. The van der Waals surface area contributed by atoms with Crippen LogP contribution >= 0.6 is 12.2 Å². The van der Waals surface area contributed by atoms with Gasteiger partial charge in [0.05, 0.1) is 19.4 Å². The van der Waals surface area contributed by atoms with Crippen LogP contribution in [0.15, 0.2) is 29.4 Å². The van der Waals surface area contributed by atoms with Crippen LogP contribution < -0.4 is 15.5 Å². The van der Waals surface area contributed by atoms with E-state index in [1.54, 1.807) is 13.3 Å². The molecule has 0 unspecified atom stereocenters. The lowest BCUT2D eigenvalue weighted by atomic mass is 10.2. The summed E-state index contributed by atoms with van der Waals surface area (Å²) in [6.45, 7) is 5.38. The molecule has 0 heterocycles. The topological polar surface area (TPSA) is 54.9 Å². The van der Waals surface area contributed by atoms with E-state index in [0.29, 0.717) is 11.7 Å². The molecule has 0 aromatic heterocycles. The maximum Gasteiger partial charge on any atom is 0.187 e. The second-order valence-electron chi connectivity index (χ2n) is 4.62. The number of benzene rings is 1. The Kier molecular flexibility index (Phi) is 8.38. The average molecular weight is 309 g/mol. The van der Waals surface area contributed by atoms with Gasteiger partial charge in [0.2, 0.25) is 0 Å². The molecule has 21 heavy (non-hydrogen) atoms. The van der Waals surface area contributed by atoms with Gasteiger partial charge in [-0.2, -0.15) is 5.10 Å². The largest absolute Gasteiger partial charge is 0.494 e. The lowest BCUT2D eigenvalue weighted by molar-refractivity contribution is 0.179. The SMILES string of the molecule is CCCOc1ccc(/C=N\NC(=S)N[C@H](C)COC)cc1. The Morgan fingerprint density at radius 1 is 1.38 bits per heavy atom. The summed E-state index contributed by atoms with van der Waals surface area (Å²) < 4.78 is 10.5. The van der Waals surface area contributed by atoms with E-state index in [1.807, 2.05) is 31.2 Å². The van der Waals surface area contributed by atoms with Gasteiger partial charge in [0.1, 0.15) is 5.75 Å². The third kappa shape index (κ3) is 7.63. The van der Waals surface area contributed by atoms with Crippen molar-refractivity contribution in [2.45, 2.75) is 26.3 Å². The molecule has 6 heteroatoms. The monoisotopic (exact) mass is 309 g/mol. The number of methoxy groups -OCH3 is 1. The Hall–Kier alpha value is -1.66. The van der Waals surface area contributed by atoms with Crippen molar-refractivity contribution in [2.24, 2.45) is 5.10 Å². The van der Waals surface area contributed by atoms with Crippen molar-refractivity contribution in [1.82, 2.24) is 10.7 Å². The number of nitrogens with one attached hydrogen (secondary N) is 2. The van der Waals surface area contributed by atoms with Gasteiger partial charge in [-0.05, 0) is 55.4 Å². The molecule has 0 fully saturated rings. The molecule has 116 valence electrons. The Morgan fingerprint density at radius 2 is 2.10 bits per heavy atom. The van der Waals surface area contributed by atoms with E-state index in [2.05, 4.69) is 22.8 Å². The number of ether oxygens (including phenoxy) is 2. The van der Waals surface area contributed by atoms with E-state index in [4.69, 9.17) is 21.7 Å². The minimum absolute atomic E-state index is 0.139. The molecule has 1 atom stereocenters. The molecule has 5 nitrogen and oxygen atoms in total. The molecule has 1 aromatic rings. The average Bonchev–Trinajstić information content (AvgIpc) is 2.46. The zero-order valence-corrected chi connectivity index (χ0v) is 13.6. The van der Waals surface area contributed by atoms with Gasteiger partial charge in [0.15, 0.2) is 5.11 Å². The molecule has 2 N–H and O–H groups in total. The van der Waals surface area contributed by atoms with Gasteiger partial charge in [0.25, 0.3) is 0 Å². The Balaban J connectivity index is 2.37. The molecule has 0 amide bonds. The summed E-state index contributed by atoms with van der Waals surface area (Å²) in [7, 11) is 1.65. The van der Waals surface area contributed by atoms with Crippen LogP contribution in [0.4, 0.5) is 0 Å². The first-order valence-electron chi connectivity index (χ1n) is 6.97. The first-order chi connectivity index (χ1) is 10.2. The van der Waals surface area contributed by atoms with Gasteiger partial charge < -0.3 is 14.8 Å². The van der Waals surface area contributed by atoms with E-state index in [0.717, 1.165) is 24.3 Å². The predicted molar refractivity (Wildman–Crippen MR) is 90.0 cm³/mol. The highest BCUT2D eigenvalue weighted by molar-refractivity contribution is 7.80. The van der Waals surface area contributed by atoms with Crippen LogP contribution in [0.25, 0.3) is 0 Å². The minimum atomic E-state index is 0.139. The first-order valence-corrected chi connectivity index (χ1v) is 7.38. The second-order valence-corrected chi connectivity index (χ2v) is 5.03. The summed E-state index contributed by atoms with van der Waals surface area (Å²) in [4.78, 5) is 0. The molecular formula is C15H23N3O2S. The van der Waals surface area contributed by atoms with Crippen molar-refractivity contribution < 1.29 is 9.47 Å². The van der Waals surface area contributed by atoms with Crippen molar-refractivity contribution >= 4 is 23.5 Å². The number of hydrogen-bond acceptors (Lipinski definition) is 4. The van der Waals surface area contributed by atoms with E-state index < -0.39 is 0 Å². The summed E-state index contributed by atoms with van der Waals surface area (Å²) in [6.07, 6.45) is 2.71. The van der Waals surface area contributed by atoms with Crippen LogP contribution in [-0.2, 0) is 4.74 Å². The van der Waals surface area contributed by atoms with Gasteiger partial charge in [-0.25, -0.2) is 0 Å². The van der Waals surface area contributed by atoms with E-state index in [-0.39, 0.29) is 6.04 Å². The second kappa shape index (κ2) is 10.1. The van der Waals surface area contributed by atoms with E-state index in [9.17, 15) is 0 Å². The Morgan fingerprint density at radius 3 is 2.71 bits per heavy atom. The molecular weight excluding hydrogens is 286 g/mol. The first kappa shape index (κ1) is 17.4. The third-order valence-electron chi connectivity index (χ3n) is 2.53. The number of hydrogen-bond donors (Lipinski definition) is 2. The molecule has 0 spiro atoms. The maximum atomic E-state index is 5.52. The highest BCUT2D eigenvalue weighted by atomic mass is 32.1. The van der Waals surface area contributed by atoms with E-state index in [1.165, 1.54) is 0 Å². The van der Waals surface area contributed by atoms with Crippen LogP contribution in [0, 0.1) is 0 Å². The maximum absolute atomic E-state index is 5.52. The smallest absolute Gasteiger partial charge is 0.187 e. The van der Waals surface area contributed by atoms with Gasteiger partial charge >= 0.3 is 0 Å². The number of nitrogens with zero attached hydrogens (tertiary/aromatic N) is 1. The van der Waals surface area contributed by atoms with Gasteiger partial charge in [-0.15, -0.1) is 0 Å². The fraction of sp³-hybridized carbons (Fsp3) is 0.467. The molecule has 0 aliphatic rings. The normalized spacial score (nSPS) is 12.1. The van der Waals surface area contributed by atoms with Crippen molar-refractivity contribution in [3.05, 3.63) is 29.8 Å². The molecule has 1 rings (SSSR count). The van der Waals surface area contributed by atoms with Gasteiger partial charge in [-0.1, -0.05) is 6.92 Å². The number of rotatable bonds is 8. The standard InChI is InChI=1S/C15H23N3O2S/c1-4-9-20-14-7-5-13(6-8-14)10-16-18-15(21)17-12(2)11-19-3/h5-8,10,12H,4,9,11H2,1-3H3,(H2,17,18,21)/b16-10-/t12-/m1/s1. The predicted octanol–water partition coefficient (Wildman–Crippen LogP) is 2.31. The third-order valence-corrected chi connectivity index (χ3v) is 2.74. The van der Waals surface area contributed by atoms with Crippen LogP contribution in [0.1, 0.15) is 25.8 Å². The van der Waals surface area contributed by atoms with Crippen molar-refractivity contribution in [1.29, 1.82) is 0 Å². The van der Waals surface area contributed by atoms with Crippen molar-refractivity contribution in [2.75, 3.05) is 20.3 Å². The molecule has 0 aliphatic heterocycles. The lowest BCUT2D eigenvalue weighted by Crippen LogP contribution is -2.40.